The topological polar surface area (TPSA) is 208 Å². The summed E-state index contributed by atoms with van der Waals surface area (Å²) in [5.74, 6) is -4.87. The van der Waals surface area contributed by atoms with Gasteiger partial charge in [-0.2, -0.15) is 0 Å². The summed E-state index contributed by atoms with van der Waals surface area (Å²) >= 11 is 0. The maximum atomic E-state index is 12.2. The van der Waals surface area contributed by atoms with Crippen molar-refractivity contribution in [3.8, 4) is 0 Å². The van der Waals surface area contributed by atoms with Crippen LogP contribution in [0.3, 0.4) is 0 Å². The number of nitrogens with two attached hydrogens (primary N) is 3. The second-order valence-corrected chi connectivity index (χ2v) is 6.04. The van der Waals surface area contributed by atoms with Crippen molar-refractivity contribution in [2.24, 2.45) is 23.1 Å². The summed E-state index contributed by atoms with van der Waals surface area (Å²) in [6.45, 7) is 3.70. The zero-order chi connectivity index (χ0) is 19.7. The Labute approximate surface area is 144 Å². The monoisotopic (exact) mass is 359 g/mol. The summed E-state index contributed by atoms with van der Waals surface area (Å²) < 4.78 is 0. The fourth-order valence-electron chi connectivity index (χ4n) is 1.98. The van der Waals surface area contributed by atoms with Crippen molar-refractivity contribution in [1.82, 2.24) is 10.6 Å². The van der Waals surface area contributed by atoms with Gasteiger partial charge in [-0.05, 0) is 12.3 Å². The Kier molecular flexibility index (Phi) is 9.13. The number of carbonyl (C=O) groups excluding carboxylic acids is 4. The number of rotatable bonds is 11. The number of amides is 4. The van der Waals surface area contributed by atoms with Gasteiger partial charge in [0.25, 0.3) is 0 Å². The number of hydrogen-bond donors (Lipinski definition) is 6. The summed E-state index contributed by atoms with van der Waals surface area (Å²) in [5.41, 5.74) is 15.7. The largest absolute Gasteiger partial charge is 0.480 e. The van der Waals surface area contributed by atoms with Crippen LogP contribution in [0.4, 0.5) is 0 Å². The Morgan fingerprint density at radius 3 is 1.72 bits per heavy atom. The van der Waals surface area contributed by atoms with E-state index in [1.54, 1.807) is 0 Å². The van der Waals surface area contributed by atoms with E-state index in [1.807, 2.05) is 19.2 Å². The van der Waals surface area contributed by atoms with Crippen LogP contribution in [0.2, 0.25) is 0 Å². The van der Waals surface area contributed by atoms with Crippen LogP contribution in [0, 0.1) is 5.92 Å². The molecule has 0 fully saturated rings. The van der Waals surface area contributed by atoms with Crippen LogP contribution < -0.4 is 27.8 Å². The van der Waals surface area contributed by atoms with Gasteiger partial charge in [0.1, 0.15) is 12.1 Å². The van der Waals surface area contributed by atoms with Crippen LogP contribution in [-0.4, -0.2) is 52.8 Å². The number of nitrogens with one attached hydrogen (secondary N) is 2. The van der Waals surface area contributed by atoms with Gasteiger partial charge in [0, 0.05) is 0 Å². The lowest BCUT2D eigenvalue weighted by atomic mass is 10.0. The molecule has 0 aromatic heterocycles. The first kappa shape index (κ1) is 22.3. The van der Waals surface area contributed by atoms with Crippen molar-refractivity contribution in [1.29, 1.82) is 0 Å². The fraction of sp³-hybridized carbons (Fsp3) is 0.643. The molecular formula is C14H25N5O6. The van der Waals surface area contributed by atoms with Crippen molar-refractivity contribution < 1.29 is 29.1 Å². The molecule has 11 nitrogen and oxygen atoms in total. The van der Waals surface area contributed by atoms with Gasteiger partial charge in [-0.15, -0.1) is 0 Å². The van der Waals surface area contributed by atoms with Gasteiger partial charge in [0.05, 0.1) is 18.9 Å². The zero-order valence-corrected chi connectivity index (χ0v) is 14.2. The van der Waals surface area contributed by atoms with E-state index < -0.39 is 60.6 Å². The minimum atomic E-state index is -1.60. The maximum Gasteiger partial charge on any atom is 0.326 e. The highest BCUT2D eigenvalue weighted by Crippen LogP contribution is 2.04. The molecule has 25 heavy (non-hydrogen) atoms. The molecule has 0 aliphatic rings. The van der Waals surface area contributed by atoms with Gasteiger partial charge in [-0.1, -0.05) is 13.8 Å². The van der Waals surface area contributed by atoms with E-state index in [1.165, 1.54) is 0 Å². The molecule has 0 aliphatic heterocycles. The van der Waals surface area contributed by atoms with E-state index in [0.717, 1.165) is 0 Å². The second kappa shape index (κ2) is 10.2. The molecule has 0 bridgehead atoms. The Balaban J connectivity index is 5.08. The SMILES string of the molecule is CC(C)CC(N)C(=O)NC(CC(N)=O)C(=O)NC(CC(N)=O)C(=O)O. The van der Waals surface area contributed by atoms with E-state index in [2.05, 4.69) is 5.32 Å². The minimum absolute atomic E-state index is 0.121. The Morgan fingerprint density at radius 1 is 0.880 bits per heavy atom. The normalized spacial score (nSPS) is 14.2. The van der Waals surface area contributed by atoms with Gasteiger partial charge < -0.3 is 32.9 Å². The quantitative estimate of drug-likeness (QED) is 0.227. The molecule has 0 aromatic rings. The number of hydrogen-bond acceptors (Lipinski definition) is 6. The molecule has 0 aromatic carbocycles. The first-order valence-electron chi connectivity index (χ1n) is 7.59. The fourth-order valence-corrected chi connectivity index (χ4v) is 1.98. The first-order valence-corrected chi connectivity index (χ1v) is 7.59. The molecule has 0 aliphatic carbocycles. The van der Waals surface area contributed by atoms with Crippen LogP contribution in [-0.2, 0) is 24.0 Å². The standard InChI is InChI=1S/C14H25N5O6/c1-6(2)3-7(15)12(22)18-8(4-10(16)20)13(23)19-9(14(24)25)5-11(17)21/h6-9H,3-5,15H2,1-2H3,(H2,16,20)(H2,17,21)(H,18,22)(H,19,23)(H,24,25). The number of carboxylic acid groups (broad SMARTS) is 1. The van der Waals surface area contributed by atoms with Crippen molar-refractivity contribution in [2.45, 2.75) is 51.2 Å². The van der Waals surface area contributed by atoms with Crippen LogP contribution in [0.1, 0.15) is 33.1 Å². The van der Waals surface area contributed by atoms with Crippen LogP contribution in [0.25, 0.3) is 0 Å². The van der Waals surface area contributed by atoms with Gasteiger partial charge >= 0.3 is 5.97 Å². The van der Waals surface area contributed by atoms with Gasteiger partial charge in [0.2, 0.25) is 23.6 Å². The lowest BCUT2D eigenvalue weighted by Gasteiger charge is -2.22. The van der Waals surface area contributed by atoms with Gasteiger partial charge in [0.15, 0.2) is 0 Å². The van der Waals surface area contributed by atoms with E-state index in [4.69, 9.17) is 22.3 Å². The predicted octanol–water partition coefficient (Wildman–Crippen LogP) is -2.84. The van der Waals surface area contributed by atoms with Crippen molar-refractivity contribution >= 4 is 29.6 Å². The average molecular weight is 359 g/mol. The second-order valence-electron chi connectivity index (χ2n) is 6.04. The summed E-state index contributed by atoms with van der Waals surface area (Å²) in [6.07, 6.45) is -0.865. The minimum Gasteiger partial charge on any atom is -0.480 e. The molecule has 3 unspecified atom stereocenters. The first-order chi connectivity index (χ1) is 11.4. The summed E-state index contributed by atoms with van der Waals surface area (Å²) in [4.78, 5) is 57.2. The lowest BCUT2D eigenvalue weighted by molar-refractivity contribution is -0.143. The molecule has 11 heteroatoms. The molecule has 142 valence electrons. The third-order valence-electron chi connectivity index (χ3n) is 3.12. The van der Waals surface area contributed by atoms with E-state index in [9.17, 15) is 24.0 Å². The molecule has 0 rings (SSSR count). The molecule has 4 amide bonds. The summed E-state index contributed by atoms with van der Waals surface area (Å²) in [6, 6.07) is -3.93. The van der Waals surface area contributed by atoms with E-state index in [0.29, 0.717) is 6.42 Å². The van der Waals surface area contributed by atoms with E-state index >= 15 is 0 Å². The maximum absolute atomic E-state index is 12.2. The number of primary amides is 2. The molecule has 0 spiro atoms. The smallest absolute Gasteiger partial charge is 0.326 e. The molecular weight excluding hydrogens is 334 g/mol. The highest BCUT2D eigenvalue weighted by atomic mass is 16.4. The van der Waals surface area contributed by atoms with Crippen molar-refractivity contribution in [2.75, 3.05) is 0 Å². The van der Waals surface area contributed by atoms with Gasteiger partial charge in [-0.25, -0.2) is 4.79 Å². The number of carboxylic acids is 1. The molecule has 0 heterocycles. The Morgan fingerprint density at radius 2 is 1.32 bits per heavy atom. The number of aliphatic carboxylic acids is 1. The van der Waals surface area contributed by atoms with Crippen LogP contribution in [0.15, 0.2) is 0 Å². The van der Waals surface area contributed by atoms with Crippen molar-refractivity contribution in [3.63, 3.8) is 0 Å². The highest BCUT2D eigenvalue weighted by molar-refractivity contribution is 5.95. The molecule has 0 radical (unpaired) electrons. The molecule has 3 atom stereocenters. The Hall–Kier alpha value is -2.69. The van der Waals surface area contributed by atoms with Crippen LogP contribution in [0.5, 0.6) is 0 Å². The van der Waals surface area contributed by atoms with E-state index in [-0.39, 0.29) is 5.92 Å². The third-order valence-corrected chi connectivity index (χ3v) is 3.12. The highest BCUT2D eigenvalue weighted by Gasteiger charge is 2.29. The lowest BCUT2D eigenvalue weighted by Crippen LogP contribution is -2.56. The average Bonchev–Trinajstić information content (AvgIpc) is 2.43. The predicted molar refractivity (Wildman–Crippen MR) is 86.6 cm³/mol. The van der Waals surface area contributed by atoms with Crippen molar-refractivity contribution in [3.05, 3.63) is 0 Å². The Bertz CT molecular complexity index is 536. The third kappa shape index (κ3) is 9.25. The zero-order valence-electron chi connectivity index (χ0n) is 14.2. The number of carbonyl (C=O) groups is 5. The molecule has 0 saturated heterocycles. The molecule has 0 saturated carbocycles. The van der Waals surface area contributed by atoms with Gasteiger partial charge in [-0.3, -0.25) is 19.2 Å². The van der Waals surface area contributed by atoms with Crippen LogP contribution >= 0.6 is 0 Å². The summed E-state index contributed by atoms with van der Waals surface area (Å²) in [5, 5.41) is 13.3. The molecule has 9 N–H and O–H groups in total. The summed E-state index contributed by atoms with van der Waals surface area (Å²) in [7, 11) is 0.